The second kappa shape index (κ2) is 10.5. The summed E-state index contributed by atoms with van der Waals surface area (Å²) in [5.41, 5.74) is 3.45. The van der Waals surface area contributed by atoms with Gasteiger partial charge >= 0.3 is 329 Å². The van der Waals surface area contributed by atoms with Crippen LogP contribution in [0, 0.1) is 264 Å². The van der Waals surface area contributed by atoms with Crippen molar-refractivity contribution in [3.05, 3.63) is 5.56 Å². The van der Waals surface area contributed by atoms with Gasteiger partial charge in [-0.05, 0) is 0 Å². The minimum atomic E-state index is 0.413. The van der Waals surface area contributed by atoms with Gasteiger partial charge in [-0.1, -0.05) is 0 Å². The third kappa shape index (κ3) is 4.81. The molecule has 0 amide bonds. The molecule has 0 saturated carbocycles. The molecule has 3 rings (SSSR count). The zero-order valence-electron chi connectivity index (χ0n) is 15.9. The molecule has 0 saturated heterocycles. The molecule has 2 aromatic carbocycles. The number of fused-ring (bicyclic) bond motifs is 3. The predicted octanol–water partition coefficient (Wildman–Crippen LogP) is -2.13. The van der Waals surface area contributed by atoms with Crippen molar-refractivity contribution >= 4 is 40.8 Å². The van der Waals surface area contributed by atoms with Crippen LogP contribution in [0.1, 0.15) is 5.56 Å². The van der Waals surface area contributed by atoms with E-state index in [2.05, 4.69) is 37.3 Å². The summed E-state index contributed by atoms with van der Waals surface area (Å²) < 4.78 is 14.7. The molecule has 0 atom stereocenters. The summed E-state index contributed by atoms with van der Waals surface area (Å²) in [6.45, 7) is 2.45. The van der Waals surface area contributed by atoms with Crippen LogP contribution in [0.3, 0.4) is 0 Å². The van der Waals surface area contributed by atoms with Crippen LogP contribution >= 0.6 is 11.3 Å². The van der Waals surface area contributed by atoms with Gasteiger partial charge in [0.05, 0.1) is 0 Å². The molecule has 23 heavy (non-hydrogen) atoms. The first-order valence-corrected chi connectivity index (χ1v) is 33.8. The van der Waals surface area contributed by atoms with Crippen LogP contribution in [-0.4, -0.2) is 14.1 Å². The van der Waals surface area contributed by atoms with E-state index in [0.29, 0.717) is 257 Å². The SMILES string of the molecule is Cc1[c]([RaH])[c]([RaH])c2c(sc3[c]([RaH])c(N(C)C)[c]([RaH])[c]([RaH])c32)[c]1[RaH]. The topological polar surface area (TPSA) is 3.24 Å². The van der Waals surface area contributed by atoms with E-state index in [0.717, 1.165) is 0 Å². The molecule has 0 fully saturated rings. The number of anilines is 1. The summed E-state index contributed by atoms with van der Waals surface area (Å²) >= 11 is 4.99. The first-order valence-electron chi connectivity index (χ1n) is 8.28. The molecule has 0 N–H and O–H groups in total. The van der Waals surface area contributed by atoms with Crippen molar-refractivity contribution < 1.29 is 257 Å². The second-order valence-corrected chi connectivity index (χ2v) is 32.8. The number of hydrogen-bond acceptors (Lipinski definition) is 2. The third-order valence-electron chi connectivity index (χ3n) is 5.75. The molecule has 0 unspecified atom stereocenters. The molecule has 98 valence electrons. The summed E-state index contributed by atoms with van der Waals surface area (Å²) in [4.78, 5) is 2.45. The first-order chi connectivity index (χ1) is 10.7. The van der Waals surface area contributed by atoms with Crippen molar-refractivity contribution in [3.8, 4) is 0 Å². The zero-order chi connectivity index (χ0) is 17.2. The van der Waals surface area contributed by atoms with Crippen LogP contribution in [0.15, 0.2) is 0 Å². The average Bonchev–Trinajstić information content (AvgIpc) is 2.89. The molecular weight excluding hydrogens is 1580 g/mol. The van der Waals surface area contributed by atoms with Gasteiger partial charge in [0.1, 0.15) is 0 Å². The zero-order valence-corrected chi connectivity index (χ0v) is 66.0. The van der Waals surface area contributed by atoms with Crippen LogP contribution < -0.4 is 8.53 Å². The fourth-order valence-corrected chi connectivity index (χ4v) is 47.0. The van der Waals surface area contributed by atoms with Crippen molar-refractivity contribution in [2.75, 3.05) is 19.0 Å². The van der Waals surface area contributed by atoms with Gasteiger partial charge in [0, 0.05) is 0 Å². The van der Waals surface area contributed by atoms with Gasteiger partial charge in [0.2, 0.25) is 0 Å². The summed E-state index contributed by atoms with van der Waals surface area (Å²) in [6.07, 6.45) is 0. The monoisotopic (exact) mass is 1600 g/mol. The Bertz CT molecular complexity index is 976. The Kier molecular flexibility index (Phi) is 11.3. The van der Waals surface area contributed by atoms with E-state index in [1.807, 2.05) is 14.4 Å². The Morgan fingerprint density at radius 3 is 1.65 bits per heavy atom. The Morgan fingerprint density at radius 1 is 0.652 bits per heavy atom. The van der Waals surface area contributed by atoms with Crippen LogP contribution in [-0.2, 0) is 0 Å². The quantitative estimate of drug-likeness (QED) is 0.270. The standard InChI is InChI=1S/C15H9NS.6Ra.6H/c1-10-4-6-12-13-7-5-11(16(2)3)9-15(13)17-14(12)8-10;;;;;;;;;;;;/h1-3H3;;;;;;;;;;;;. The van der Waals surface area contributed by atoms with Gasteiger partial charge in [-0.3, -0.25) is 0 Å². The summed E-state index contributed by atoms with van der Waals surface area (Å²) in [5, 5.41) is 3.66. The maximum absolute atomic E-state index is 2.45. The molecular formula is C15H15NRa6S. The predicted molar refractivity (Wildman–Crippen MR) is 84.6 cm³/mol. The molecule has 0 aliphatic heterocycles. The molecule has 0 aliphatic rings. The number of rotatable bonds is 1. The second-order valence-electron chi connectivity index (χ2n) is 7.13. The van der Waals surface area contributed by atoms with Gasteiger partial charge in [0.25, 0.3) is 0 Å². The number of benzene rings is 2. The van der Waals surface area contributed by atoms with E-state index in [1.165, 1.54) is 0 Å². The van der Waals surface area contributed by atoms with Crippen LogP contribution in [0.2, 0.25) is 0 Å². The van der Waals surface area contributed by atoms with Crippen LogP contribution in [0.25, 0.3) is 20.2 Å². The molecule has 0 bridgehead atoms. The summed E-state index contributed by atoms with van der Waals surface area (Å²) in [7, 11) is 4.56. The first kappa shape index (κ1) is 24.9. The van der Waals surface area contributed by atoms with Gasteiger partial charge in [-0.25, -0.2) is 0 Å². The molecule has 1 nitrogen and oxygen atoms in total. The molecule has 0 spiro atoms. The van der Waals surface area contributed by atoms with Crippen molar-refractivity contribution in [2.45, 2.75) is 6.92 Å². The normalized spacial score (nSPS) is 11.2. The molecule has 3 aromatic rings. The molecule has 0 radical (unpaired) electrons. The van der Waals surface area contributed by atoms with E-state index >= 15 is 0 Å². The Hall–Kier alpha value is 7.27. The number of hydrogen-bond donors (Lipinski definition) is 0. The van der Waals surface area contributed by atoms with E-state index < -0.39 is 0 Å². The van der Waals surface area contributed by atoms with Gasteiger partial charge in [-0.2, -0.15) is 0 Å². The molecule has 8 heteroatoms. The average molecular weight is 1600 g/mol. The van der Waals surface area contributed by atoms with Crippen molar-refractivity contribution in [1.29, 1.82) is 0 Å². The van der Waals surface area contributed by atoms with E-state index in [1.54, 1.807) is 20.7 Å². The van der Waals surface area contributed by atoms with Gasteiger partial charge in [0.15, 0.2) is 0 Å². The Balaban J connectivity index is 2.67. The third-order valence-corrected chi connectivity index (χ3v) is 74.5. The van der Waals surface area contributed by atoms with Gasteiger partial charge < -0.3 is 0 Å². The molecule has 1 aromatic heterocycles. The summed E-state index contributed by atoms with van der Waals surface area (Å²) in [5.74, 6) is 0. The van der Waals surface area contributed by atoms with Gasteiger partial charge in [-0.15, -0.1) is 0 Å². The minimum absolute atomic E-state index is 0.413. The Morgan fingerprint density at radius 2 is 1.13 bits per heavy atom. The molecule has 0 aliphatic carbocycles. The maximum atomic E-state index is 2.45. The van der Waals surface area contributed by atoms with Crippen molar-refractivity contribution in [3.63, 3.8) is 0 Å². The van der Waals surface area contributed by atoms with E-state index in [9.17, 15) is 0 Å². The molecule has 1 heterocycles. The summed E-state index contributed by atoms with van der Waals surface area (Å²) in [6, 6.07) is 0. The number of thiophene rings is 1. The van der Waals surface area contributed by atoms with E-state index in [4.69, 9.17) is 0 Å². The number of nitrogens with zero attached hydrogens (tertiary/aromatic N) is 1. The van der Waals surface area contributed by atoms with Crippen LogP contribution in [0.5, 0.6) is 0 Å². The van der Waals surface area contributed by atoms with Crippen molar-refractivity contribution in [1.82, 2.24) is 0 Å². The van der Waals surface area contributed by atoms with Crippen molar-refractivity contribution in [2.24, 2.45) is 0 Å². The Labute approximate surface area is 317 Å². The van der Waals surface area contributed by atoms with Crippen LogP contribution in [0.4, 0.5) is 5.69 Å². The fourth-order valence-electron chi connectivity index (χ4n) is 4.02. The van der Waals surface area contributed by atoms with E-state index in [-0.39, 0.29) is 0 Å². The fraction of sp³-hybridized carbons (Fsp3) is 0.200.